The lowest BCUT2D eigenvalue weighted by Crippen LogP contribution is -2.35. The molecule has 2 heteroatoms. The number of hydrogen-bond acceptors (Lipinski definition) is 2. The van der Waals surface area contributed by atoms with E-state index in [2.05, 4.69) is 77.9 Å². The molecule has 0 spiro atoms. The van der Waals surface area contributed by atoms with Gasteiger partial charge < -0.3 is 0 Å². The highest BCUT2D eigenvalue weighted by atomic mass is 32.2. The zero-order valence-electron chi connectivity index (χ0n) is 16.3. The summed E-state index contributed by atoms with van der Waals surface area (Å²) in [5.74, 6) is 0.315. The topological polar surface area (TPSA) is 17.1 Å². The molecule has 0 saturated carbocycles. The molecule has 0 saturated heterocycles. The van der Waals surface area contributed by atoms with Gasteiger partial charge in [0.25, 0.3) is 0 Å². The Bertz CT molecular complexity index is 695. The van der Waals surface area contributed by atoms with Crippen LogP contribution in [0, 0.1) is 16.7 Å². The van der Waals surface area contributed by atoms with Crippen molar-refractivity contribution in [1.82, 2.24) is 0 Å². The van der Waals surface area contributed by atoms with Gasteiger partial charge in [-0.2, -0.15) is 0 Å². The summed E-state index contributed by atoms with van der Waals surface area (Å²) in [5, 5.41) is 0.268. The lowest BCUT2D eigenvalue weighted by atomic mass is 9.69. The summed E-state index contributed by atoms with van der Waals surface area (Å²) in [6.07, 6.45) is 0.894. The highest BCUT2D eigenvalue weighted by Crippen LogP contribution is 2.44. The van der Waals surface area contributed by atoms with Crippen LogP contribution < -0.4 is 0 Å². The summed E-state index contributed by atoms with van der Waals surface area (Å²) in [6.45, 7) is 13.1. The fourth-order valence-corrected chi connectivity index (χ4v) is 4.21. The lowest BCUT2D eigenvalue weighted by Gasteiger charge is -2.37. The predicted octanol–water partition coefficient (Wildman–Crippen LogP) is 7.07. The third-order valence-corrected chi connectivity index (χ3v) is 5.97. The minimum atomic E-state index is -0.318. The van der Waals surface area contributed by atoms with Gasteiger partial charge in [0.15, 0.2) is 5.12 Å². The highest BCUT2D eigenvalue weighted by molar-refractivity contribution is 8.13. The van der Waals surface area contributed by atoms with E-state index in [1.54, 1.807) is 0 Å². The Morgan fingerprint density at radius 3 is 1.88 bits per heavy atom. The first-order chi connectivity index (χ1) is 11.6. The normalized spacial score (nSPS) is 14.4. The Balaban J connectivity index is 2.16. The average Bonchev–Trinajstić information content (AvgIpc) is 2.54. The molecule has 2 rings (SSSR count). The van der Waals surface area contributed by atoms with Crippen LogP contribution in [-0.2, 0) is 4.79 Å². The third kappa shape index (κ3) is 5.22. The summed E-state index contributed by atoms with van der Waals surface area (Å²) in [6, 6.07) is 18.6. The Kier molecular flexibility index (Phi) is 6.16. The van der Waals surface area contributed by atoms with Crippen molar-refractivity contribution >= 4 is 16.9 Å². The third-order valence-electron chi connectivity index (χ3n) is 4.81. The van der Waals surface area contributed by atoms with Gasteiger partial charge in [0.2, 0.25) is 0 Å². The van der Waals surface area contributed by atoms with Gasteiger partial charge in [0.1, 0.15) is 0 Å². The van der Waals surface area contributed by atoms with Gasteiger partial charge in [-0.25, -0.2) is 0 Å². The van der Waals surface area contributed by atoms with Crippen molar-refractivity contribution in [1.29, 1.82) is 0 Å². The van der Waals surface area contributed by atoms with Crippen LogP contribution in [0.2, 0.25) is 0 Å². The minimum Gasteiger partial charge on any atom is -0.286 e. The quantitative estimate of drug-likeness (QED) is 0.534. The van der Waals surface area contributed by atoms with E-state index in [-0.39, 0.29) is 15.9 Å². The zero-order valence-corrected chi connectivity index (χ0v) is 17.1. The second-order valence-electron chi connectivity index (χ2n) is 8.59. The molecule has 0 aliphatic heterocycles. The number of carbonyl (C=O) groups excluding carboxylic acids is 1. The van der Waals surface area contributed by atoms with E-state index in [1.807, 2.05) is 18.2 Å². The molecule has 2 aromatic rings. The summed E-state index contributed by atoms with van der Waals surface area (Å²) in [4.78, 5) is 14.1. The van der Waals surface area contributed by atoms with Crippen LogP contribution >= 0.6 is 11.8 Å². The molecule has 0 bridgehead atoms. The van der Waals surface area contributed by atoms with Crippen molar-refractivity contribution in [3.63, 3.8) is 0 Å². The smallest absolute Gasteiger partial charge is 0.199 e. The van der Waals surface area contributed by atoms with Gasteiger partial charge in [-0.1, -0.05) is 95.8 Å². The van der Waals surface area contributed by atoms with E-state index in [1.165, 1.54) is 22.9 Å². The standard InChI is InChI=1S/C23H30OS/c1-17(2)23(6,16-22(3,4)5)21(24)25-20-14-12-19(13-15-20)18-10-8-7-9-11-18/h7-15,17H,16H2,1-6H3. The first-order valence-corrected chi connectivity index (χ1v) is 9.81. The van der Waals surface area contributed by atoms with Crippen molar-refractivity contribution in [2.75, 3.05) is 0 Å². The van der Waals surface area contributed by atoms with E-state index in [0.717, 1.165) is 11.3 Å². The fraction of sp³-hybridized carbons (Fsp3) is 0.435. The average molecular weight is 355 g/mol. The van der Waals surface area contributed by atoms with E-state index in [4.69, 9.17) is 0 Å². The monoisotopic (exact) mass is 354 g/mol. The fourth-order valence-electron chi connectivity index (χ4n) is 3.18. The number of thioether (sulfide) groups is 1. The van der Waals surface area contributed by atoms with Crippen LogP contribution in [0.4, 0.5) is 0 Å². The van der Waals surface area contributed by atoms with Crippen LogP contribution in [0.25, 0.3) is 11.1 Å². The Labute approximate surface area is 157 Å². The summed E-state index contributed by atoms with van der Waals surface area (Å²) >= 11 is 1.38. The van der Waals surface area contributed by atoms with Crippen molar-refractivity contribution in [3.8, 4) is 11.1 Å². The molecule has 0 heterocycles. The predicted molar refractivity (Wildman–Crippen MR) is 110 cm³/mol. The maximum absolute atomic E-state index is 13.1. The Morgan fingerprint density at radius 1 is 0.880 bits per heavy atom. The minimum absolute atomic E-state index is 0.131. The molecular formula is C23H30OS. The van der Waals surface area contributed by atoms with Crippen LogP contribution in [0.5, 0.6) is 0 Å². The molecule has 0 fully saturated rings. The number of benzene rings is 2. The Morgan fingerprint density at radius 2 is 1.40 bits per heavy atom. The largest absolute Gasteiger partial charge is 0.286 e. The van der Waals surface area contributed by atoms with Gasteiger partial charge in [-0.15, -0.1) is 0 Å². The van der Waals surface area contributed by atoms with Gasteiger partial charge in [0, 0.05) is 10.3 Å². The molecule has 25 heavy (non-hydrogen) atoms. The van der Waals surface area contributed by atoms with Crippen molar-refractivity contribution in [3.05, 3.63) is 54.6 Å². The summed E-state index contributed by atoms with van der Waals surface area (Å²) < 4.78 is 0. The molecule has 1 unspecified atom stereocenters. The number of hydrogen-bond donors (Lipinski definition) is 0. The van der Waals surface area contributed by atoms with E-state index >= 15 is 0 Å². The van der Waals surface area contributed by atoms with Gasteiger partial charge in [-0.3, -0.25) is 4.79 Å². The Hall–Kier alpha value is -1.54. The second-order valence-corrected chi connectivity index (χ2v) is 9.64. The van der Waals surface area contributed by atoms with Crippen molar-refractivity contribution in [2.24, 2.45) is 16.7 Å². The van der Waals surface area contributed by atoms with E-state index in [9.17, 15) is 4.79 Å². The van der Waals surface area contributed by atoms with Crippen molar-refractivity contribution < 1.29 is 4.79 Å². The molecule has 0 aliphatic carbocycles. The second kappa shape index (κ2) is 7.78. The molecule has 2 aromatic carbocycles. The molecule has 0 amide bonds. The maximum atomic E-state index is 13.1. The molecule has 0 radical (unpaired) electrons. The van der Waals surface area contributed by atoms with Gasteiger partial charge >= 0.3 is 0 Å². The molecule has 0 N–H and O–H groups in total. The first-order valence-electron chi connectivity index (χ1n) is 8.99. The summed E-state index contributed by atoms with van der Waals surface area (Å²) in [7, 11) is 0. The highest BCUT2D eigenvalue weighted by Gasteiger charge is 2.40. The van der Waals surface area contributed by atoms with Crippen LogP contribution in [0.3, 0.4) is 0 Å². The van der Waals surface area contributed by atoms with Crippen LogP contribution in [0.15, 0.2) is 59.5 Å². The molecule has 0 aliphatic rings. The van der Waals surface area contributed by atoms with Gasteiger partial charge in [0.05, 0.1) is 0 Å². The first kappa shape index (κ1) is 19.8. The maximum Gasteiger partial charge on any atom is 0.199 e. The van der Waals surface area contributed by atoms with E-state index in [0.29, 0.717) is 5.92 Å². The molecule has 0 aromatic heterocycles. The molecule has 1 nitrogen and oxygen atoms in total. The lowest BCUT2D eigenvalue weighted by molar-refractivity contribution is -0.122. The van der Waals surface area contributed by atoms with Crippen LogP contribution in [-0.4, -0.2) is 5.12 Å². The van der Waals surface area contributed by atoms with Crippen LogP contribution in [0.1, 0.15) is 48.0 Å². The zero-order chi connectivity index (χ0) is 18.7. The number of rotatable bonds is 5. The SMILES string of the molecule is CC(C)C(C)(CC(C)(C)C)C(=O)Sc1ccc(-c2ccccc2)cc1. The molecule has 1 atom stereocenters. The number of carbonyl (C=O) groups is 1. The molecular weight excluding hydrogens is 324 g/mol. The van der Waals surface area contributed by atoms with E-state index < -0.39 is 0 Å². The molecule has 134 valence electrons. The summed E-state index contributed by atoms with van der Waals surface area (Å²) in [5.41, 5.74) is 2.19. The van der Waals surface area contributed by atoms with Gasteiger partial charge in [-0.05, 0) is 41.0 Å². The van der Waals surface area contributed by atoms with Crippen molar-refractivity contribution in [2.45, 2.75) is 52.9 Å².